The number of benzene rings is 1. The van der Waals surface area contributed by atoms with Crippen LogP contribution in [-0.2, 0) is 41.0 Å². The Hall–Kier alpha value is -2.88. The number of amides is 1. The number of hydrogen-bond donors (Lipinski definition) is 0. The fourth-order valence-electron chi connectivity index (χ4n) is 7.50. The molecule has 1 aromatic heterocycles. The zero-order valence-corrected chi connectivity index (χ0v) is 36.4. The first-order valence-electron chi connectivity index (χ1n) is 19.8. The third-order valence-corrected chi connectivity index (χ3v) is 22.3. The van der Waals surface area contributed by atoms with E-state index in [4.69, 9.17) is 18.8 Å². The van der Waals surface area contributed by atoms with E-state index in [0.717, 1.165) is 50.6 Å². The van der Waals surface area contributed by atoms with E-state index in [1.807, 2.05) is 47.5 Å². The molecule has 3 atom stereocenters. The van der Waals surface area contributed by atoms with E-state index in [1.54, 1.807) is 0 Å². The van der Waals surface area contributed by atoms with Crippen LogP contribution in [0, 0.1) is 12.8 Å². The van der Waals surface area contributed by atoms with Crippen LogP contribution in [0.25, 0.3) is 0 Å². The summed E-state index contributed by atoms with van der Waals surface area (Å²) in [7, 11) is -2.31. The van der Waals surface area contributed by atoms with Crippen LogP contribution in [0.5, 0.6) is 0 Å². The maximum atomic E-state index is 15.0. The molecule has 12 heteroatoms. The van der Waals surface area contributed by atoms with Crippen LogP contribution in [-0.4, -0.2) is 83.6 Å². The molecule has 53 heavy (non-hydrogen) atoms. The van der Waals surface area contributed by atoms with Gasteiger partial charge >= 0.3 is 315 Å². The molecule has 0 aliphatic carbocycles. The fraction of sp³-hybridized carbons (Fsp3) is 0.683. The Labute approximate surface area is 320 Å². The Morgan fingerprint density at radius 3 is 2.04 bits per heavy atom. The molecule has 0 saturated carbocycles. The van der Waals surface area contributed by atoms with E-state index < -0.39 is 51.9 Å². The Bertz CT molecular complexity index is 1530. The molecule has 10 nitrogen and oxygen atoms in total. The van der Waals surface area contributed by atoms with E-state index >= 15 is 4.79 Å². The molecule has 1 saturated heterocycles. The third-order valence-electron chi connectivity index (χ3n) is 11.5. The summed E-state index contributed by atoms with van der Waals surface area (Å²) in [6.07, 6.45) is 6.79. The van der Waals surface area contributed by atoms with Crippen LogP contribution >= 0.6 is 6.98 Å². The molecule has 1 fully saturated rings. The number of nitrogens with zero attached hydrogens (tertiary/aromatic N) is 3. The van der Waals surface area contributed by atoms with Crippen LogP contribution in [0.3, 0.4) is 0 Å². The van der Waals surface area contributed by atoms with Crippen LogP contribution in [0.2, 0.25) is 18.1 Å². The molecule has 3 rings (SSSR count). The van der Waals surface area contributed by atoms with Gasteiger partial charge in [0.2, 0.25) is 0 Å². The van der Waals surface area contributed by atoms with Gasteiger partial charge in [-0.2, -0.15) is 0 Å². The molecule has 0 bridgehead atoms. The first-order valence-corrected chi connectivity index (χ1v) is 25.4. The number of aromatic nitrogens is 2. The molecule has 2 heterocycles. The number of β-lactam (4-membered cyclic amide) rings is 1. The van der Waals surface area contributed by atoms with Crippen molar-refractivity contribution < 1.29 is 32.9 Å². The van der Waals surface area contributed by atoms with E-state index in [0.29, 0.717) is 30.7 Å². The first-order chi connectivity index (χ1) is 24.8. The summed E-state index contributed by atoms with van der Waals surface area (Å²) in [6.45, 7) is 18.6. The van der Waals surface area contributed by atoms with Gasteiger partial charge in [0.1, 0.15) is 0 Å². The van der Waals surface area contributed by atoms with Gasteiger partial charge in [-0.1, -0.05) is 6.07 Å². The van der Waals surface area contributed by atoms with E-state index in [1.165, 1.54) is 12.5 Å². The zero-order chi connectivity index (χ0) is 39.6. The number of rotatable bonds is 22. The molecule has 2 unspecified atom stereocenters. The van der Waals surface area contributed by atoms with E-state index in [9.17, 15) is 14.4 Å². The summed E-state index contributed by atoms with van der Waals surface area (Å²) in [6, 6.07) is 11.5. The molecular formula is C41H68N3O7PSi. The Balaban J connectivity index is 2.15. The number of hydrogen-bond acceptors (Lipinski definition) is 8. The van der Waals surface area contributed by atoms with Crippen LogP contribution in [0.4, 0.5) is 0 Å². The molecule has 298 valence electrons. The van der Waals surface area contributed by atoms with Gasteiger partial charge < -0.3 is 0 Å². The van der Waals surface area contributed by atoms with Crippen molar-refractivity contribution in [2.24, 2.45) is 5.92 Å². The van der Waals surface area contributed by atoms with Gasteiger partial charge in [0.15, 0.2) is 0 Å². The number of ether oxygens (including phenoxy) is 1. The number of ketones is 1. The molecule has 2 aromatic rings. The van der Waals surface area contributed by atoms with Gasteiger partial charge in [0.25, 0.3) is 0 Å². The Morgan fingerprint density at radius 2 is 1.53 bits per heavy atom. The number of carbonyl (C=O) groups excluding carboxylic acids is 4. The summed E-state index contributed by atoms with van der Waals surface area (Å²) in [5.74, 6) is -2.06. The average Bonchev–Trinajstić information content (AvgIpc) is 3.47. The maximum absolute atomic E-state index is 15.0. The van der Waals surface area contributed by atoms with Gasteiger partial charge in [-0.15, -0.1) is 0 Å². The van der Waals surface area contributed by atoms with Crippen LogP contribution < -0.4 is 0 Å². The van der Waals surface area contributed by atoms with Crippen molar-refractivity contribution in [1.29, 1.82) is 0 Å². The predicted octanol–water partition coefficient (Wildman–Crippen LogP) is 9.13. The van der Waals surface area contributed by atoms with Crippen molar-refractivity contribution in [3.05, 3.63) is 53.3 Å². The molecule has 0 N–H and O–H groups in total. The van der Waals surface area contributed by atoms with Crippen molar-refractivity contribution in [2.75, 3.05) is 25.1 Å². The predicted molar refractivity (Wildman–Crippen MR) is 217 cm³/mol. The van der Waals surface area contributed by atoms with Crippen molar-refractivity contribution >= 4 is 38.9 Å². The van der Waals surface area contributed by atoms with Crippen LogP contribution in [0.15, 0.2) is 36.4 Å². The first kappa shape index (κ1) is 44.5. The summed E-state index contributed by atoms with van der Waals surface area (Å²) in [5, 5.41) is 4.69. The summed E-state index contributed by atoms with van der Waals surface area (Å²) in [5.41, 5.74) is 2.46. The Morgan fingerprint density at radius 1 is 0.962 bits per heavy atom. The number of unbranched alkanes of at least 4 members (excludes halogenated alkanes) is 3. The molecule has 1 aliphatic rings. The normalized spacial score (nSPS) is 17.8. The molecule has 0 radical (unpaired) electrons. The average molecular weight is 774 g/mol. The summed E-state index contributed by atoms with van der Waals surface area (Å²) >= 11 is 0. The molecule has 0 spiro atoms. The fourth-order valence-corrected chi connectivity index (χ4v) is 15.9. The van der Waals surface area contributed by atoms with Gasteiger partial charge in [-0.05, 0) is 0 Å². The SMILES string of the molecule is CCCCP(CCCC)(CCCC)(OC(=O)COC(C)=O)N1C(=O)C([C@@H](C)O[Si](C)(C)C(C)(C)C)C1CC(=O)c1cc(C)n(CCc2ccccc2)n1. The molecular weight excluding hydrogens is 706 g/mol. The van der Waals surface area contributed by atoms with Gasteiger partial charge in [-0.25, -0.2) is 0 Å². The molecule has 1 amide bonds. The number of carbonyl (C=O) groups is 4. The van der Waals surface area contributed by atoms with Crippen molar-refractivity contribution in [3.63, 3.8) is 0 Å². The minimum absolute atomic E-state index is 0.0422. The van der Waals surface area contributed by atoms with Crippen molar-refractivity contribution in [1.82, 2.24) is 14.5 Å². The monoisotopic (exact) mass is 773 g/mol. The topological polar surface area (TPSA) is 117 Å². The number of aryl methyl sites for hydroxylation is 3. The van der Waals surface area contributed by atoms with E-state index in [-0.39, 0.29) is 23.1 Å². The molecule has 1 aliphatic heterocycles. The Kier molecular flexibility index (Phi) is 15.7. The third kappa shape index (κ3) is 10.7. The quantitative estimate of drug-likeness (QED) is 0.0383. The van der Waals surface area contributed by atoms with Crippen molar-refractivity contribution in [2.45, 2.75) is 151 Å². The standard InChI is InChI=1S/C41H68N3O7PSi/c1-12-15-25-52(26-16-13-2,27-17-14-3,50-38(47)30-49-33(6)45)44-36(39(40(44)48)32(5)51-53(10,11)41(7,8)9)29-37(46)35-28-31(4)43(42-35)24-23-34-21-19-18-20-22-34/h18-22,28,32,36,39H,12-17,23-27,29-30H2,1-11H3/t32-,36?,39?/m1/s1. The molecule has 1 aromatic carbocycles. The van der Waals surface area contributed by atoms with Gasteiger partial charge in [-0.3, -0.25) is 0 Å². The van der Waals surface area contributed by atoms with E-state index in [2.05, 4.69) is 66.8 Å². The second-order valence-electron chi connectivity index (χ2n) is 16.7. The van der Waals surface area contributed by atoms with Gasteiger partial charge in [0, 0.05) is 0 Å². The summed E-state index contributed by atoms with van der Waals surface area (Å²) < 4.78 is 22.6. The van der Waals surface area contributed by atoms with Crippen molar-refractivity contribution in [3.8, 4) is 0 Å². The number of Topliss-reactive ketones (excluding diaryl/α,β-unsaturated/α-hetero) is 1. The van der Waals surface area contributed by atoms with Gasteiger partial charge in [0.05, 0.1) is 0 Å². The summed E-state index contributed by atoms with van der Waals surface area (Å²) in [4.78, 5) is 55.0. The zero-order valence-electron chi connectivity index (χ0n) is 34.5. The second kappa shape index (κ2) is 18.6. The van der Waals surface area contributed by atoms with Crippen LogP contribution in [0.1, 0.15) is 122 Å². The number of esters is 1. The minimum atomic E-state index is -3.90. The second-order valence-corrected chi connectivity index (χ2v) is 26.5.